The molecule has 0 saturated carbocycles. The molecule has 0 aliphatic heterocycles. The van der Waals surface area contributed by atoms with Crippen LogP contribution in [0.1, 0.15) is 52.7 Å². The minimum absolute atomic E-state index is 0.0187. The lowest BCUT2D eigenvalue weighted by Gasteiger charge is -2.27. The third-order valence-corrected chi connectivity index (χ3v) is 14.6. The molecule has 0 nitrogen and oxygen atoms in total. The van der Waals surface area contributed by atoms with Gasteiger partial charge < -0.3 is 0 Å². The smallest absolute Gasteiger partial charge is 0.0484 e. The second-order valence-corrected chi connectivity index (χ2v) is 20.3. The van der Waals surface area contributed by atoms with Crippen molar-refractivity contribution in [3.63, 3.8) is 0 Å². The van der Waals surface area contributed by atoms with Crippen molar-refractivity contribution in [1.82, 2.24) is 0 Å². The van der Waals surface area contributed by atoms with E-state index < -0.39 is 0 Å². The number of hydrogen-bond donors (Lipinski definition) is 0. The molecule has 286 valence electrons. The fraction of sp³-hybridized carbons (Fsp3) is 0.148. The van der Waals surface area contributed by atoms with Crippen LogP contribution in [0, 0.1) is 7.14 Å². The fourth-order valence-electron chi connectivity index (χ4n) is 8.75. The molecule has 0 N–H and O–H groups in total. The average Bonchev–Trinajstić information content (AvgIpc) is 3.21. The van der Waals surface area contributed by atoms with Crippen molar-refractivity contribution < 1.29 is 0 Å². The van der Waals surface area contributed by atoms with Gasteiger partial charge in [0.25, 0.3) is 0 Å². The summed E-state index contributed by atoms with van der Waals surface area (Å²) in [6, 6.07) is 53.0. The first kappa shape index (κ1) is 39.5. The monoisotopic (exact) mass is 1010 g/mol. The van der Waals surface area contributed by atoms with Crippen LogP contribution < -0.4 is 0 Å². The minimum Gasteiger partial charge on any atom is -0.0837 e. The molecule has 0 bridgehead atoms. The molecule has 9 aromatic rings. The Labute approximate surface area is 378 Å². The normalized spacial score (nSPS) is 12.3. The van der Waals surface area contributed by atoms with Crippen molar-refractivity contribution in [2.24, 2.45) is 0 Å². The van der Waals surface area contributed by atoms with E-state index in [1.807, 2.05) is 24.3 Å². The average molecular weight is 1020 g/mol. The van der Waals surface area contributed by atoms with E-state index in [4.69, 9.17) is 23.2 Å². The minimum atomic E-state index is 0.0187. The molecule has 0 radical (unpaired) electrons. The Morgan fingerprint density at radius 3 is 0.983 bits per heavy atom. The first-order valence-electron chi connectivity index (χ1n) is 19.7. The van der Waals surface area contributed by atoms with Crippen molar-refractivity contribution in [2.75, 3.05) is 0 Å². The molecule has 0 atom stereocenters. The van der Waals surface area contributed by atoms with Crippen LogP contribution in [-0.4, -0.2) is 0 Å². The highest BCUT2D eigenvalue weighted by molar-refractivity contribution is 14.1. The van der Waals surface area contributed by atoms with Gasteiger partial charge in [-0.05, 0) is 123 Å². The van der Waals surface area contributed by atoms with Gasteiger partial charge in [0.2, 0.25) is 0 Å². The van der Waals surface area contributed by atoms with Gasteiger partial charge in [0.05, 0.1) is 0 Å². The molecule has 0 heterocycles. The quantitative estimate of drug-likeness (QED) is 0.0936. The molecular weight excluding hydrogens is 973 g/mol. The van der Waals surface area contributed by atoms with Crippen LogP contribution in [-0.2, 0) is 10.8 Å². The van der Waals surface area contributed by atoms with Gasteiger partial charge in [-0.3, -0.25) is 0 Å². The number of fused-ring (bicyclic) bond motifs is 6. The second-order valence-electron chi connectivity index (χ2n) is 17.3. The summed E-state index contributed by atoms with van der Waals surface area (Å²) >= 11 is 20.1. The standard InChI is InChI=1S/C54H42Cl2I2/c1-53(2,3)33-27-23-31(24-28-33)43-49-45(35-15-7-9-17-37(35)51(43)57)48(40-20-12-14-22-42(40)56)50-44(32-25-29-34(30-26-32)54(4,5)6)52(58)38-18-10-8-16-36(38)46(50)47(49)39-19-11-13-21-41(39)55/h7-30H,1-6H3. The highest BCUT2D eigenvalue weighted by Gasteiger charge is 2.30. The largest absolute Gasteiger partial charge is 0.0837 e. The van der Waals surface area contributed by atoms with E-state index in [9.17, 15) is 0 Å². The number of hydrogen-bond acceptors (Lipinski definition) is 0. The van der Waals surface area contributed by atoms with Gasteiger partial charge in [0.15, 0.2) is 0 Å². The Morgan fingerprint density at radius 1 is 0.345 bits per heavy atom. The molecule has 0 spiro atoms. The van der Waals surface area contributed by atoms with Gasteiger partial charge in [-0.25, -0.2) is 0 Å². The van der Waals surface area contributed by atoms with Crippen LogP contribution in [0.4, 0.5) is 0 Å². The Kier molecular flexibility index (Phi) is 10.2. The molecule has 0 aromatic heterocycles. The third-order valence-electron chi connectivity index (χ3n) is 11.7. The van der Waals surface area contributed by atoms with Gasteiger partial charge in [-0.2, -0.15) is 0 Å². The Bertz CT molecular complexity index is 2880. The zero-order valence-corrected chi connectivity index (χ0v) is 39.2. The van der Waals surface area contributed by atoms with Crippen molar-refractivity contribution in [1.29, 1.82) is 0 Å². The second kappa shape index (κ2) is 15.0. The number of benzene rings is 9. The molecule has 0 aliphatic rings. The summed E-state index contributed by atoms with van der Waals surface area (Å²) in [5.41, 5.74) is 11.6. The summed E-state index contributed by atoms with van der Waals surface area (Å²) in [5, 5.41) is 10.9. The maximum absolute atomic E-state index is 7.44. The molecule has 9 rings (SSSR count). The maximum atomic E-state index is 7.44. The van der Waals surface area contributed by atoms with Gasteiger partial charge >= 0.3 is 0 Å². The van der Waals surface area contributed by atoms with Crippen molar-refractivity contribution in [3.8, 4) is 44.5 Å². The van der Waals surface area contributed by atoms with E-state index in [0.29, 0.717) is 10.0 Å². The van der Waals surface area contributed by atoms with Crippen LogP contribution in [0.25, 0.3) is 87.6 Å². The van der Waals surface area contributed by atoms with Crippen LogP contribution >= 0.6 is 68.4 Å². The van der Waals surface area contributed by atoms with Crippen molar-refractivity contribution in [3.05, 3.63) is 174 Å². The van der Waals surface area contributed by atoms with E-state index in [1.165, 1.54) is 83.6 Å². The van der Waals surface area contributed by atoms with E-state index in [1.54, 1.807) is 0 Å². The third kappa shape index (κ3) is 6.54. The Balaban J connectivity index is 1.66. The summed E-state index contributed by atoms with van der Waals surface area (Å²) in [5.74, 6) is 0. The highest BCUT2D eigenvalue weighted by atomic mass is 127. The van der Waals surface area contributed by atoms with Crippen molar-refractivity contribution in [2.45, 2.75) is 52.4 Å². The van der Waals surface area contributed by atoms with Crippen molar-refractivity contribution >= 4 is 111 Å². The summed E-state index contributed by atoms with van der Waals surface area (Å²) in [6.07, 6.45) is 0. The van der Waals surface area contributed by atoms with Crippen LogP contribution in [0.3, 0.4) is 0 Å². The molecule has 0 saturated heterocycles. The molecular formula is C54H42Cl2I2. The summed E-state index contributed by atoms with van der Waals surface area (Å²) in [7, 11) is 0. The number of rotatable bonds is 4. The molecule has 0 fully saturated rings. The molecule has 4 heteroatoms. The lowest BCUT2D eigenvalue weighted by molar-refractivity contribution is 0.590. The number of halogens is 4. The van der Waals surface area contributed by atoms with E-state index >= 15 is 0 Å². The van der Waals surface area contributed by atoms with Crippen LogP contribution in [0.15, 0.2) is 146 Å². The van der Waals surface area contributed by atoms with Gasteiger partial charge in [0, 0.05) is 61.3 Å². The van der Waals surface area contributed by atoms with E-state index in [2.05, 4.69) is 208 Å². The molecule has 0 amide bonds. The molecule has 0 unspecified atom stereocenters. The summed E-state index contributed by atoms with van der Waals surface area (Å²) in [6.45, 7) is 13.6. The van der Waals surface area contributed by atoms with Crippen LogP contribution in [0.2, 0.25) is 10.0 Å². The fourth-order valence-corrected chi connectivity index (χ4v) is 11.3. The summed E-state index contributed by atoms with van der Waals surface area (Å²) in [4.78, 5) is 0. The first-order chi connectivity index (χ1) is 27.8. The van der Waals surface area contributed by atoms with Gasteiger partial charge in [0.1, 0.15) is 0 Å². The lowest BCUT2D eigenvalue weighted by Crippen LogP contribution is -2.10. The lowest BCUT2D eigenvalue weighted by atomic mass is 9.77. The highest BCUT2D eigenvalue weighted by Crippen LogP contribution is 2.57. The zero-order valence-electron chi connectivity index (χ0n) is 33.4. The zero-order chi connectivity index (χ0) is 40.7. The predicted octanol–water partition coefficient (Wildman–Crippen LogP) is 18.1. The maximum Gasteiger partial charge on any atom is 0.0484 e. The van der Waals surface area contributed by atoms with Gasteiger partial charge in [-0.15, -0.1) is 0 Å². The predicted molar refractivity (Wildman–Crippen MR) is 271 cm³/mol. The molecule has 58 heavy (non-hydrogen) atoms. The Morgan fingerprint density at radius 2 is 0.655 bits per heavy atom. The van der Waals surface area contributed by atoms with Crippen LogP contribution in [0.5, 0.6) is 0 Å². The molecule has 0 aliphatic carbocycles. The van der Waals surface area contributed by atoms with E-state index in [-0.39, 0.29) is 10.8 Å². The summed E-state index contributed by atoms with van der Waals surface area (Å²) < 4.78 is 2.41. The van der Waals surface area contributed by atoms with E-state index in [0.717, 1.165) is 22.3 Å². The SMILES string of the molecule is CC(C)(C)c1ccc(-c2c(I)c3ccccc3c3c(-c4ccccc4Cl)c4c(-c5ccc(C(C)(C)C)cc5)c(I)c5ccccc5c4c(-c4ccccc4Cl)c23)cc1. The van der Waals surface area contributed by atoms with Gasteiger partial charge in [-0.1, -0.05) is 198 Å². The molecule has 9 aromatic carbocycles. The first-order valence-corrected chi connectivity index (χ1v) is 22.6. The topological polar surface area (TPSA) is 0 Å². The Hall–Kier alpha value is -3.94.